The third-order valence-corrected chi connectivity index (χ3v) is 6.42. The molecule has 0 radical (unpaired) electrons. The van der Waals surface area contributed by atoms with Crippen molar-refractivity contribution in [3.05, 3.63) is 88.3 Å². The third-order valence-electron chi connectivity index (χ3n) is 6.42. The van der Waals surface area contributed by atoms with Crippen LogP contribution in [0.25, 0.3) is 0 Å². The normalized spacial score (nSPS) is 20.5. The van der Waals surface area contributed by atoms with Crippen molar-refractivity contribution in [2.75, 3.05) is 30.8 Å². The summed E-state index contributed by atoms with van der Waals surface area (Å²) in [6, 6.07) is 21.9. The second kappa shape index (κ2) is 8.63. The Kier molecular flexibility index (Phi) is 5.53. The molecule has 32 heavy (non-hydrogen) atoms. The Bertz CT molecular complexity index is 1200. The molecule has 2 N–H and O–H groups in total. The number of likely N-dealkylation sites (N-methyl/N-ethyl adjacent to an activating group) is 1. The van der Waals surface area contributed by atoms with Crippen LogP contribution in [0.4, 0.5) is 17.1 Å². The maximum Gasteiger partial charge on any atom is 0.274 e. The van der Waals surface area contributed by atoms with Gasteiger partial charge >= 0.3 is 0 Å². The number of para-hydroxylation sites is 2. The van der Waals surface area contributed by atoms with Crippen LogP contribution in [0.3, 0.4) is 0 Å². The van der Waals surface area contributed by atoms with Crippen LogP contribution in [0, 0.1) is 12.8 Å². The van der Waals surface area contributed by atoms with Gasteiger partial charge in [0, 0.05) is 36.9 Å². The van der Waals surface area contributed by atoms with Gasteiger partial charge < -0.3 is 20.1 Å². The number of rotatable bonds is 3. The highest BCUT2D eigenvalue weighted by molar-refractivity contribution is 6.04. The molecular weight excluding hydrogens is 398 g/mol. The zero-order valence-corrected chi connectivity index (χ0v) is 18.6. The maximum absolute atomic E-state index is 13.4. The molecule has 6 nitrogen and oxygen atoms in total. The summed E-state index contributed by atoms with van der Waals surface area (Å²) in [7, 11) is 2.17. The van der Waals surface area contributed by atoms with Gasteiger partial charge in [0.25, 0.3) is 5.56 Å². The van der Waals surface area contributed by atoms with Gasteiger partial charge in [-0.15, -0.1) is 0 Å². The van der Waals surface area contributed by atoms with Gasteiger partial charge in [0.05, 0.1) is 5.69 Å². The van der Waals surface area contributed by atoms with E-state index in [1.54, 1.807) is 0 Å². The summed E-state index contributed by atoms with van der Waals surface area (Å²) in [5.74, 6) is 1.48. The number of guanidine groups is 1. The summed E-state index contributed by atoms with van der Waals surface area (Å²) in [4.78, 5) is 20.6. The van der Waals surface area contributed by atoms with Crippen molar-refractivity contribution in [3.8, 4) is 0 Å². The molecule has 2 aliphatic heterocycles. The van der Waals surface area contributed by atoms with E-state index in [-0.39, 0.29) is 5.56 Å². The number of hydrogen-bond acceptors (Lipinski definition) is 3. The van der Waals surface area contributed by atoms with Crippen molar-refractivity contribution in [1.29, 1.82) is 0 Å². The highest BCUT2D eigenvalue weighted by Crippen LogP contribution is 2.34. The average molecular weight is 428 g/mol. The van der Waals surface area contributed by atoms with Gasteiger partial charge in [-0.05, 0) is 62.2 Å². The summed E-state index contributed by atoms with van der Waals surface area (Å²) in [6.45, 7) is 4.87. The third kappa shape index (κ3) is 4.18. The number of fused-ring (bicyclic) bond motifs is 4. The molecule has 2 aliphatic rings. The highest BCUT2D eigenvalue weighted by atomic mass is 16.1. The number of hydrogen-bond donors (Lipinski definition) is 2. The van der Waals surface area contributed by atoms with Gasteiger partial charge in [0.2, 0.25) is 5.96 Å². The Hall–Kier alpha value is -3.38. The topological polar surface area (TPSA) is 61.7 Å². The molecule has 0 aliphatic carbocycles. The Balaban J connectivity index is 1.49. The van der Waals surface area contributed by atoms with Gasteiger partial charge in [-0.3, -0.25) is 4.79 Å². The molecule has 2 aromatic carbocycles. The number of pyridine rings is 1. The molecule has 1 fully saturated rings. The van der Waals surface area contributed by atoms with E-state index >= 15 is 0 Å². The lowest BCUT2D eigenvalue weighted by molar-refractivity contribution is 0.145. The molecule has 3 heterocycles. The average Bonchev–Trinajstić information content (AvgIpc) is 2.78. The smallest absolute Gasteiger partial charge is 0.274 e. The Morgan fingerprint density at radius 1 is 0.938 bits per heavy atom. The van der Waals surface area contributed by atoms with Crippen LogP contribution in [0.15, 0.2) is 76.5 Å². The number of benzene rings is 2. The number of anilines is 2. The van der Waals surface area contributed by atoms with E-state index in [0.29, 0.717) is 23.5 Å². The highest BCUT2D eigenvalue weighted by Gasteiger charge is 2.33. The summed E-state index contributed by atoms with van der Waals surface area (Å²) >= 11 is 0. The fourth-order valence-corrected chi connectivity index (χ4v) is 4.96. The number of aryl methyl sites for hydroxylation is 1. The lowest BCUT2D eigenvalue weighted by atomic mass is 9.83. The largest absolute Gasteiger partial charge is 0.326 e. The lowest BCUT2D eigenvalue weighted by Crippen LogP contribution is -2.46. The number of aliphatic imine (C=N–C) groups is 1. The van der Waals surface area contributed by atoms with Gasteiger partial charge in [-0.1, -0.05) is 36.4 Å². The molecule has 3 aromatic rings. The molecule has 1 saturated heterocycles. The number of nitrogens with zero attached hydrogens (tertiary/aromatic N) is 3. The van der Waals surface area contributed by atoms with Crippen molar-refractivity contribution >= 4 is 23.0 Å². The fourth-order valence-electron chi connectivity index (χ4n) is 4.96. The summed E-state index contributed by atoms with van der Waals surface area (Å²) in [5.41, 5.74) is 4.54. The second-order valence-corrected chi connectivity index (χ2v) is 8.97. The minimum Gasteiger partial charge on any atom is -0.326 e. The van der Waals surface area contributed by atoms with E-state index in [1.807, 2.05) is 72.2 Å². The number of likely N-dealkylation sites (tertiary alicyclic amines) is 1. The van der Waals surface area contributed by atoms with Gasteiger partial charge in [-0.25, -0.2) is 4.99 Å². The van der Waals surface area contributed by atoms with E-state index in [4.69, 9.17) is 4.99 Å². The van der Waals surface area contributed by atoms with Crippen LogP contribution in [-0.4, -0.2) is 35.6 Å². The van der Waals surface area contributed by atoms with E-state index in [9.17, 15) is 4.79 Å². The standard InChI is InChI=1S/C26H29N5O/c1-18-8-6-7-11-22(18)28-26(27-21-9-4-3-5-10-21)29-23-12-13-24-20-14-19(15-30(2)17-20)16-31(24)25(23)32/h3-13,19-20H,14-17H2,1-2H3,(H2,27,28,29)/t19-,20-/m1/s1. The van der Waals surface area contributed by atoms with Gasteiger partial charge in [-0.2, -0.15) is 0 Å². The monoisotopic (exact) mass is 427 g/mol. The molecule has 5 rings (SSSR count). The molecule has 1 aromatic heterocycles. The van der Waals surface area contributed by atoms with Crippen LogP contribution in [0.2, 0.25) is 0 Å². The fraction of sp³-hybridized carbons (Fsp3) is 0.308. The first kappa shape index (κ1) is 20.5. The quantitative estimate of drug-likeness (QED) is 0.480. The second-order valence-electron chi connectivity index (χ2n) is 8.97. The summed E-state index contributed by atoms with van der Waals surface area (Å²) < 4.78 is 1.97. The van der Waals surface area contributed by atoms with Crippen LogP contribution >= 0.6 is 0 Å². The molecule has 164 valence electrons. The van der Waals surface area contributed by atoms with Gasteiger partial charge in [0.15, 0.2) is 0 Å². The van der Waals surface area contributed by atoms with Crippen molar-refractivity contribution in [3.63, 3.8) is 0 Å². The first-order chi connectivity index (χ1) is 15.6. The van der Waals surface area contributed by atoms with Gasteiger partial charge in [0.1, 0.15) is 5.69 Å². The van der Waals surface area contributed by atoms with Crippen molar-refractivity contribution in [1.82, 2.24) is 9.47 Å². The van der Waals surface area contributed by atoms with Crippen LogP contribution in [0.5, 0.6) is 0 Å². The molecule has 6 heteroatoms. The molecule has 0 amide bonds. The van der Waals surface area contributed by atoms with Crippen molar-refractivity contribution in [2.45, 2.75) is 25.8 Å². The maximum atomic E-state index is 13.4. The van der Waals surface area contributed by atoms with Crippen LogP contribution < -0.4 is 16.2 Å². The van der Waals surface area contributed by atoms with E-state index in [0.717, 1.165) is 42.3 Å². The van der Waals surface area contributed by atoms with Crippen molar-refractivity contribution in [2.24, 2.45) is 10.9 Å². The van der Waals surface area contributed by atoms with Crippen LogP contribution in [-0.2, 0) is 6.54 Å². The molecule has 2 atom stereocenters. The number of nitrogens with one attached hydrogen (secondary N) is 2. The van der Waals surface area contributed by atoms with Crippen molar-refractivity contribution < 1.29 is 0 Å². The van der Waals surface area contributed by atoms with E-state index < -0.39 is 0 Å². The molecule has 0 spiro atoms. The predicted molar refractivity (Wildman–Crippen MR) is 131 cm³/mol. The molecular formula is C26H29N5O. The predicted octanol–water partition coefficient (Wildman–Crippen LogP) is 4.42. The van der Waals surface area contributed by atoms with E-state index in [1.165, 1.54) is 6.42 Å². The number of aromatic nitrogens is 1. The minimum atomic E-state index is 0.0223. The zero-order valence-electron chi connectivity index (χ0n) is 18.6. The SMILES string of the molecule is Cc1ccccc1N=C(Nc1ccccc1)Nc1ccc2n(c1=O)C[C@@H]1C[C@@H]2CN(C)C1. The summed E-state index contributed by atoms with van der Waals surface area (Å²) in [5, 5.41) is 6.63. The van der Waals surface area contributed by atoms with E-state index in [2.05, 4.69) is 28.6 Å². The molecule has 2 bridgehead atoms. The zero-order chi connectivity index (χ0) is 22.1. The minimum absolute atomic E-state index is 0.0223. The first-order valence-corrected chi connectivity index (χ1v) is 11.2. The number of piperidine rings is 1. The first-order valence-electron chi connectivity index (χ1n) is 11.2. The Morgan fingerprint density at radius 2 is 1.72 bits per heavy atom. The molecule has 0 saturated carbocycles. The summed E-state index contributed by atoms with van der Waals surface area (Å²) in [6.07, 6.45) is 1.17. The Labute approximate surface area is 188 Å². The lowest BCUT2D eigenvalue weighted by Gasteiger charge is -2.41. The Morgan fingerprint density at radius 3 is 2.53 bits per heavy atom. The van der Waals surface area contributed by atoms with Crippen LogP contribution in [0.1, 0.15) is 23.6 Å². The molecule has 0 unspecified atom stereocenters.